The van der Waals surface area contributed by atoms with Gasteiger partial charge in [-0.25, -0.2) is 8.42 Å². The third-order valence-corrected chi connectivity index (χ3v) is 5.40. The number of carbonyl (C=O) groups excluding carboxylic acids is 1. The minimum Gasteiger partial charge on any atom is -0.329 e. The van der Waals surface area contributed by atoms with E-state index in [1.54, 1.807) is 19.1 Å². The number of hydrogen-bond acceptors (Lipinski definition) is 4. The molecule has 0 radical (unpaired) electrons. The van der Waals surface area contributed by atoms with Gasteiger partial charge >= 0.3 is 0 Å². The Morgan fingerprint density at radius 1 is 1.15 bits per heavy atom. The fourth-order valence-corrected chi connectivity index (χ4v) is 3.53. The van der Waals surface area contributed by atoms with Gasteiger partial charge in [-0.05, 0) is 54.3 Å². The minimum absolute atomic E-state index is 0.148. The number of aromatic nitrogens is 1. The molecule has 0 aliphatic carbocycles. The van der Waals surface area contributed by atoms with Gasteiger partial charge in [-0.3, -0.25) is 9.59 Å². The fourth-order valence-electron chi connectivity index (χ4n) is 2.62. The number of halogens is 1. The second-order valence-electron chi connectivity index (χ2n) is 5.93. The van der Waals surface area contributed by atoms with Gasteiger partial charge in [0.25, 0.3) is 11.5 Å². The van der Waals surface area contributed by atoms with Crippen LogP contribution in [-0.2, 0) is 9.84 Å². The van der Waals surface area contributed by atoms with Crippen LogP contribution in [0.15, 0.2) is 52.3 Å². The van der Waals surface area contributed by atoms with Crippen LogP contribution in [0, 0.1) is 6.92 Å². The van der Waals surface area contributed by atoms with Crippen molar-refractivity contribution in [1.82, 2.24) is 4.98 Å². The van der Waals surface area contributed by atoms with Crippen LogP contribution in [0.2, 0.25) is 5.02 Å². The smallest absolute Gasteiger partial charge is 0.255 e. The molecule has 0 bridgehead atoms. The van der Waals surface area contributed by atoms with Crippen molar-refractivity contribution in [3.05, 3.63) is 69.1 Å². The molecule has 8 heteroatoms. The first-order valence-corrected chi connectivity index (χ1v) is 9.87. The number of benzene rings is 2. The van der Waals surface area contributed by atoms with Crippen LogP contribution in [0.4, 0.5) is 5.69 Å². The van der Waals surface area contributed by atoms with Crippen molar-refractivity contribution in [2.45, 2.75) is 11.8 Å². The van der Waals surface area contributed by atoms with Crippen LogP contribution in [0.1, 0.15) is 15.9 Å². The predicted octanol–water partition coefficient (Wildman–Crippen LogP) is 3.15. The second kappa shape index (κ2) is 6.59. The standard InChI is InChI=1S/C18H15ClN2O4S/c1-10-7-12(26(2,24)25)3-4-13(10)18(23)21-16-8-11-5-6-20-17(22)14(11)9-15(16)19/h3-9H,1-2H3,(H,20,22)(H,21,23). The number of hydrogen-bond donors (Lipinski definition) is 2. The highest BCUT2D eigenvalue weighted by Crippen LogP contribution is 2.27. The average Bonchev–Trinajstić information content (AvgIpc) is 2.55. The first-order valence-electron chi connectivity index (χ1n) is 7.60. The lowest BCUT2D eigenvalue weighted by Gasteiger charge is -2.11. The molecule has 0 unspecified atom stereocenters. The molecule has 0 spiro atoms. The summed E-state index contributed by atoms with van der Waals surface area (Å²) in [5.41, 5.74) is 0.953. The number of carbonyl (C=O) groups is 1. The minimum atomic E-state index is -3.35. The number of fused-ring (bicyclic) bond motifs is 1. The zero-order valence-corrected chi connectivity index (χ0v) is 15.5. The van der Waals surface area contributed by atoms with Crippen molar-refractivity contribution in [3.8, 4) is 0 Å². The number of amides is 1. The number of H-pyrrole nitrogens is 1. The van der Waals surface area contributed by atoms with Gasteiger partial charge in [0.2, 0.25) is 0 Å². The Balaban J connectivity index is 1.97. The van der Waals surface area contributed by atoms with E-state index in [0.717, 1.165) is 6.26 Å². The third kappa shape index (κ3) is 3.49. The molecule has 3 aromatic rings. The molecule has 6 nitrogen and oxygen atoms in total. The number of rotatable bonds is 3. The second-order valence-corrected chi connectivity index (χ2v) is 8.35. The van der Waals surface area contributed by atoms with Gasteiger partial charge in [-0.2, -0.15) is 0 Å². The Hall–Kier alpha value is -2.64. The lowest BCUT2D eigenvalue weighted by Crippen LogP contribution is -2.14. The van der Waals surface area contributed by atoms with Crippen LogP contribution in [0.5, 0.6) is 0 Å². The lowest BCUT2D eigenvalue weighted by molar-refractivity contribution is 0.102. The molecule has 2 N–H and O–H groups in total. The third-order valence-electron chi connectivity index (χ3n) is 3.98. The zero-order chi connectivity index (χ0) is 19.1. The summed E-state index contributed by atoms with van der Waals surface area (Å²) in [6.07, 6.45) is 2.62. The van der Waals surface area contributed by atoms with Gasteiger partial charge in [0.1, 0.15) is 0 Å². The van der Waals surface area contributed by atoms with Crippen molar-refractivity contribution in [2.24, 2.45) is 0 Å². The van der Waals surface area contributed by atoms with Gasteiger partial charge in [-0.15, -0.1) is 0 Å². The molecule has 0 aliphatic heterocycles. The van der Waals surface area contributed by atoms with Gasteiger partial charge in [-0.1, -0.05) is 11.6 Å². The van der Waals surface area contributed by atoms with E-state index in [2.05, 4.69) is 10.3 Å². The summed E-state index contributed by atoms with van der Waals surface area (Å²) in [4.78, 5) is 27.1. The van der Waals surface area contributed by atoms with E-state index in [1.165, 1.54) is 30.5 Å². The summed E-state index contributed by atoms with van der Waals surface area (Å²) in [6, 6.07) is 9.11. The van der Waals surface area contributed by atoms with E-state index in [0.29, 0.717) is 27.6 Å². The maximum Gasteiger partial charge on any atom is 0.255 e. The van der Waals surface area contributed by atoms with E-state index in [-0.39, 0.29) is 15.5 Å². The molecule has 0 aliphatic rings. The van der Waals surface area contributed by atoms with Crippen molar-refractivity contribution >= 4 is 43.8 Å². The van der Waals surface area contributed by atoms with Crippen LogP contribution >= 0.6 is 11.6 Å². The van der Waals surface area contributed by atoms with Crippen molar-refractivity contribution < 1.29 is 13.2 Å². The zero-order valence-electron chi connectivity index (χ0n) is 14.0. The summed E-state index contributed by atoms with van der Waals surface area (Å²) in [5.74, 6) is -0.423. The normalized spacial score (nSPS) is 11.5. The Morgan fingerprint density at radius 2 is 1.88 bits per heavy atom. The van der Waals surface area contributed by atoms with Gasteiger partial charge < -0.3 is 10.3 Å². The first-order chi connectivity index (χ1) is 12.2. The molecule has 2 aromatic carbocycles. The molecule has 1 aromatic heterocycles. The Morgan fingerprint density at radius 3 is 2.54 bits per heavy atom. The quantitative estimate of drug-likeness (QED) is 0.718. The van der Waals surface area contributed by atoms with Crippen LogP contribution in [-0.4, -0.2) is 25.6 Å². The maximum absolute atomic E-state index is 12.6. The highest BCUT2D eigenvalue weighted by molar-refractivity contribution is 7.90. The van der Waals surface area contributed by atoms with Crippen molar-refractivity contribution in [3.63, 3.8) is 0 Å². The molecular formula is C18H15ClN2O4S. The molecule has 0 saturated carbocycles. The molecule has 1 amide bonds. The Bertz CT molecular complexity index is 1200. The van der Waals surface area contributed by atoms with Crippen LogP contribution in [0.25, 0.3) is 10.8 Å². The topological polar surface area (TPSA) is 96.1 Å². The highest BCUT2D eigenvalue weighted by atomic mass is 35.5. The van der Waals surface area contributed by atoms with E-state index in [4.69, 9.17) is 11.6 Å². The molecular weight excluding hydrogens is 376 g/mol. The monoisotopic (exact) mass is 390 g/mol. The molecule has 134 valence electrons. The summed E-state index contributed by atoms with van der Waals surface area (Å²) in [7, 11) is -3.35. The summed E-state index contributed by atoms with van der Waals surface area (Å²) >= 11 is 6.18. The Labute approximate surface area is 154 Å². The molecule has 1 heterocycles. The summed E-state index contributed by atoms with van der Waals surface area (Å²) in [5, 5.41) is 3.99. The SMILES string of the molecule is Cc1cc(S(C)(=O)=O)ccc1C(=O)Nc1cc2cc[nH]c(=O)c2cc1Cl. The van der Waals surface area contributed by atoms with E-state index in [9.17, 15) is 18.0 Å². The summed E-state index contributed by atoms with van der Waals surface area (Å²) < 4.78 is 23.2. The predicted molar refractivity (Wildman–Crippen MR) is 102 cm³/mol. The molecule has 0 saturated heterocycles. The first kappa shape index (κ1) is 18.2. The van der Waals surface area contributed by atoms with Crippen LogP contribution in [0.3, 0.4) is 0 Å². The average molecular weight is 391 g/mol. The molecule has 0 atom stereocenters. The van der Waals surface area contributed by atoms with Gasteiger partial charge in [0.15, 0.2) is 9.84 Å². The number of sulfone groups is 1. The largest absolute Gasteiger partial charge is 0.329 e. The number of pyridine rings is 1. The van der Waals surface area contributed by atoms with Crippen molar-refractivity contribution in [1.29, 1.82) is 0 Å². The highest BCUT2D eigenvalue weighted by Gasteiger charge is 2.15. The van der Waals surface area contributed by atoms with Crippen molar-refractivity contribution in [2.75, 3.05) is 11.6 Å². The molecule has 0 fully saturated rings. The maximum atomic E-state index is 12.6. The molecule has 3 rings (SSSR count). The molecule has 26 heavy (non-hydrogen) atoms. The van der Waals surface area contributed by atoms with E-state index in [1.807, 2.05) is 0 Å². The number of aryl methyl sites for hydroxylation is 1. The summed E-state index contributed by atoms with van der Waals surface area (Å²) in [6.45, 7) is 1.66. The fraction of sp³-hybridized carbons (Fsp3) is 0.111. The van der Waals surface area contributed by atoms with Crippen LogP contribution < -0.4 is 10.9 Å². The van der Waals surface area contributed by atoms with Gasteiger partial charge in [0, 0.05) is 23.4 Å². The number of aromatic amines is 1. The van der Waals surface area contributed by atoms with E-state index < -0.39 is 15.7 Å². The Kier molecular flexibility index (Phi) is 4.60. The number of nitrogens with one attached hydrogen (secondary N) is 2. The lowest BCUT2D eigenvalue weighted by atomic mass is 10.1. The van der Waals surface area contributed by atoms with Gasteiger partial charge in [0.05, 0.1) is 15.6 Å². The number of anilines is 1. The van der Waals surface area contributed by atoms with E-state index >= 15 is 0 Å².